The maximum absolute atomic E-state index is 14.0. The molecule has 254 valence electrons. The quantitative estimate of drug-likeness (QED) is 0.127. The Morgan fingerprint density at radius 2 is 1.17 bits per heavy atom. The molecular weight excluding hydrogens is 587 g/mol. The van der Waals surface area contributed by atoms with Gasteiger partial charge in [0.15, 0.2) is 0 Å². The van der Waals surface area contributed by atoms with E-state index in [-0.39, 0.29) is 11.8 Å². The fraction of sp³-hybridized carbons (Fsp3) is 0.550. The van der Waals surface area contributed by atoms with E-state index in [1.807, 2.05) is 25.1 Å². The molecule has 0 aliphatic rings. The Morgan fingerprint density at radius 3 is 1.63 bits per heavy atom. The van der Waals surface area contributed by atoms with E-state index in [1.54, 1.807) is 0 Å². The molecule has 0 bridgehead atoms. The molecule has 0 radical (unpaired) electrons. The van der Waals surface area contributed by atoms with Crippen molar-refractivity contribution in [1.82, 2.24) is 0 Å². The summed E-state index contributed by atoms with van der Waals surface area (Å²) in [7, 11) is -3.81. The van der Waals surface area contributed by atoms with Gasteiger partial charge >= 0.3 is 0 Å². The van der Waals surface area contributed by atoms with E-state index in [2.05, 4.69) is 107 Å². The molecule has 0 aromatic heterocycles. The first-order chi connectivity index (χ1) is 21.9. The van der Waals surface area contributed by atoms with Crippen molar-refractivity contribution in [2.45, 2.75) is 136 Å². The van der Waals surface area contributed by atoms with Crippen LogP contribution in [0.5, 0.6) is 0 Å². The zero-order valence-corrected chi connectivity index (χ0v) is 31.0. The lowest BCUT2D eigenvalue weighted by molar-refractivity contribution is 0.595. The van der Waals surface area contributed by atoms with Crippen LogP contribution in [0.3, 0.4) is 0 Å². The Labute approximate surface area is 281 Å². The van der Waals surface area contributed by atoms with Crippen LogP contribution in [0.2, 0.25) is 0 Å². The first kappa shape index (κ1) is 37.5. The Bertz CT molecular complexity index is 1440. The summed E-state index contributed by atoms with van der Waals surface area (Å²) in [6, 6.07) is 18.7. The number of nitrogens with zero attached hydrogens (tertiary/aromatic N) is 1. The highest BCUT2D eigenvalue weighted by Crippen LogP contribution is 2.36. The molecule has 0 fully saturated rings. The highest BCUT2D eigenvalue weighted by atomic mass is 32.2. The topological polar surface area (TPSA) is 61.4 Å². The number of rotatable bonds is 19. The van der Waals surface area contributed by atoms with Gasteiger partial charge in [0.2, 0.25) is 0 Å². The van der Waals surface area contributed by atoms with E-state index in [1.165, 1.54) is 62.6 Å². The molecule has 5 nitrogen and oxygen atoms in total. The van der Waals surface area contributed by atoms with Crippen molar-refractivity contribution < 1.29 is 8.42 Å². The van der Waals surface area contributed by atoms with Crippen molar-refractivity contribution in [3.8, 4) is 0 Å². The minimum Gasteiger partial charge on any atom is -0.372 e. The molecule has 6 heteroatoms. The summed E-state index contributed by atoms with van der Waals surface area (Å²) in [5, 5.41) is 3.52. The number of hydrogen-bond donors (Lipinski definition) is 2. The average molecular weight is 648 g/mol. The molecule has 3 rings (SSSR count). The van der Waals surface area contributed by atoms with Gasteiger partial charge in [0.25, 0.3) is 10.0 Å². The lowest BCUT2D eigenvalue weighted by Crippen LogP contribution is -2.25. The second-order valence-electron chi connectivity index (χ2n) is 13.9. The van der Waals surface area contributed by atoms with Gasteiger partial charge in [0.1, 0.15) is 0 Å². The minimum absolute atomic E-state index is 0.0797. The van der Waals surface area contributed by atoms with E-state index in [9.17, 15) is 8.42 Å². The summed E-state index contributed by atoms with van der Waals surface area (Å²) in [5.74, 6) is 0.482. The first-order valence-electron chi connectivity index (χ1n) is 17.8. The molecule has 2 N–H and O–H groups in total. The molecule has 0 saturated carbocycles. The van der Waals surface area contributed by atoms with Crippen LogP contribution in [0, 0.1) is 6.92 Å². The van der Waals surface area contributed by atoms with Crippen molar-refractivity contribution in [2.24, 2.45) is 0 Å². The number of benzene rings is 3. The standard InChI is InChI=1S/C40H61N3O2S/c1-10-12-14-16-24-43(25-17-15-13-11-2)36-21-18-34(19-22-36)41-35-20-23-39(32(9)26-35)42-46(44,45)40-37(30(5)6)27-33(29(3)4)28-38(40)31(7)8/h18-23,26-31,41-42H,10-17,24-25H2,1-9H3. The van der Waals surface area contributed by atoms with E-state index in [0.29, 0.717) is 16.5 Å². The largest absolute Gasteiger partial charge is 0.372 e. The molecule has 3 aromatic rings. The van der Waals surface area contributed by atoms with Crippen LogP contribution in [-0.2, 0) is 10.0 Å². The smallest absolute Gasteiger partial charge is 0.262 e. The van der Waals surface area contributed by atoms with Crippen LogP contribution >= 0.6 is 0 Å². The van der Waals surface area contributed by atoms with Crippen LogP contribution < -0.4 is 14.9 Å². The molecule has 0 saturated heterocycles. The number of aryl methyl sites for hydroxylation is 1. The van der Waals surface area contributed by atoms with Crippen molar-refractivity contribution in [3.63, 3.8) is 0 Å². The molecule has 3 aromatic carbocycles. The fourth-order valence-corrected chi connectivity index (χ4v) is 7.83. The highest BCUT2D eigenvalue weighted by molar-refractivity contribution is 7.92. The normalized spacial score (nSPS) is 11.9. The number of nitrogens with one attached hydrogen (secondary N) is 2. The Hall–Kier alpha value is -2.99. The van der Waals surface area contributed by atoms with Gasteiger partial charge in [0.05, 0.1) is 10.6 Å². The number of anilines is 4. The third-order valence-electron chi connectivity index (χ3n) is 8.90. The molecular formula is C40H61N3O2S. The van der Waals surface area contributed by atoms with Gasteiger partial charge in [-0.3, -0.25) is 4.72 Å². The predicted octanol–water partition coefficient (Wildman–Crippen LogP) is 11.9. The molecule has 0 unspecified atom stereocenters. The van der Waals surface area contributed by atoms with Gasteiger partial charge in [-0.05, 0) is 102 Å². The summed E-state index contributed by atoms with van der Waals surface area (Å²) < 4.78 is 31.0. The van der Waals surface area contributed by atoms with E-state index in [4.69, 9.17) is 0 Å². The van der Waals surface area contributed by atoms with Gasteiger partial charge in [-0.1, -0.05) is 106 Å². The monoisotopic (exact) mass is 647 g/mol. The number of sulfonamides is 1. The van der Waals surface area contributed by atoms with E-state index < -0.39 is 10.0 Å². The maximum Gasteiger partial charge on any atom is 0.262 e. The summed E-state index contributed by atoms with van der Waals surface area (Å²) in [5.41, 5.74) is 7.62. The fourth-order valence-electron chi connectivity index (χ4n) is 6.00. The second kappa shape index (κ2) is 17.8. The number of unbranched alkanes of at least 4 members (excludes halogenated alkanes) is 6. The Morgan fingerprint density at radius 1 is 0.652 bits per heavy atom. The molecule has 0 heterocycles. The third kappa shape index (κ3) is 10.5. The van der Waals surface area contributed by atoms with Crippen LogP contribution in [0.25, 0.3) is 0 Å². The average Bonchev–Trinajstić information content (AvgIpc) is 3.01. The summed E-state index contributed by atoms with van der Waals surface area (Å²) in [4.78, 5) is 2.97. The summed E-state index contributed by atoms with van der Waals surface area (Å²) in [6.07, 6.45) is 10.2. The van der Waals surface area contributed by atoms with Crippen molar-refractivity contribution in [1.29, 1.82) is 0 Å². The van der Waals surface area contributed by atoms with Crippen LogP contribution in [0.4, 0.5) is 22.7 Å². The third-order valence-corrected chi connectivity index (χ3v) is 10.4. The van der Waals surface area contributed by atoms with Gasteiger partial charge in [-0.15, -0.1) is 0 Å². The van der Waals surface area contributed by atoms with Gasteiger partial charge in [-0.2, -0.15) is 0 Å². The van der Waals surface area contributed by atoms with Crippen molar-refractivity contribution in [3.05, 3.63) is 76.9 Å². The van der Waals surface area contributed by atoms with Crippen LogP contribution in [0.15, 0.2) is 59.5 Å². The second-order valence-corrected chi connectivity index (χ2v) is 15.5. The van der Waals surface area contributed by atoms with Crippen LogP contribution in [0.1, 0.15) is 147 Å². The minimum atomic E-state index is -3.81. The Kier molecular flexibility index (Phi) is 14.5. The highest BCUT2D eigenvalue weighted by Gasteiger charge is 2.27. The Balaban J connectivity index is 1.78. The number of hydrogen-bond acceptors (Lipinski definition) is 4. The lowest BCUT2D eigenvalue weighted by atomic mass is 9.89. The SMILES string of the molecule is CCCCCCN(CCCCCC)c1ccc(Nc2ccc(NS(=O)(=O)c3c(C(C)C)cc(C(C)C)cc3C(C)C)c(C)c2)cc1. The predicted molar refractivity (Wildman–Crippen MR) is 201 cm³/mol. The summed E-state index contributed by atoms with van der Waals surface area (Å²) in [6.45, 7) is 21.3. The summed E-state index contributed by atoms with van der Waals surface area (Å²) >= 11 is 0. The molecule has 0 atom stereocenters. The van der Waals surface area contributed by atoms with Gasteiger partial charge < -0.3 is 10.2 Å². The zero-order chi connectivity index (χ0) is 33.9. The first-order valence-corrected chi connectivity index (χ1v) is 19.3. The van der Waals surface area contributed by atoms with E-state index >= 15 is 0 Å². The van der Waals surface area contributed by atoms with E-state index in [0.717, 1.165) is 41.2 Å². The van der Waals surface area contributed by atoms with Crippen molar-refractivity contribution >= 4 is 32.8 Å². The molecule has 0 amide bonds. The zero-order valence-electron chi connectivity index (χ0n) is 30.2. The van der Waals surface area contributed by atoms with Gasteiger partial charge in [-0.25, -0.2) is 8.42 Å². The maximum atomic E-state index is 14.0. The molecule has 0 aliphatic carbocycles. The van der Waals surface area contributed by atoms with Crippen LogP contribution in [-0.4, -0.2) is 21.5 Å². The molecule has 46 heavy (non-hydrogen) atoms. The lowest BCUT2D eigenvalue weighted by Gasteiger charge is -2.25. The van der Waals surface area contributed by atoms with Gasteiger partial charge in [0, 0.05) is 30.2 Å². The molecule has 0 aliphatic heterocycles. The molecule has 0 spiro atoms. The van der Waals surface area contributed by atoms with Crippen molar-refractivity contribution in [2.75, 3.05) is 28.0 Å².